The molecule has 2 aromatic rings. The number of benzene rings is 1. The molecule has 0 aliphatic heterocycles. The molecule has 22 heavy (non-hydrogen) atoms. The van der Waals surface area contributed by atoms with E-state index in [1.54, 1.807) is 31.2 Å². The van der Waals surface area contributed by atoms with E-state index in [0.717, 1.165) is 12.1 Å². The van der Waals surface area contributed by atoms with E-state index < -0.39 is 23.7 Å². The van der Waals surface area contributed by atoms with Crippen molar-refractivity contribution in [3.05, 3.63) is 53.4 Å². The third-order valence-corrected chi connectivity index (χ3v) is 3.40. The average Bonchev–Trinajstić information content (AvgIpc) is 2.85. The van der Waals surface area contributed by atoms with Gasteiger partial charge in [0.25, 0.3) is 0 Å². The molecule has 7 heteroatoms. The molecule has 0 fully saturated rings. The highest BCUT2D eigenvalue weighted by Crippen LogP contribution is 2.21. The molecule has 118 valence electrons. The smallest absolute Gasteiger partial charge is 0.242 e. The second-order valence-electron chi connectivity index (χ2n) is 5.03. The van der Waals surface area contributed by atoms with Crippen molar-refractivity contribution in [1.82, 2.24) is 20.4 Å². The maximum absolute atomic E-state index is 13.7. The quantitative estimate of drug-likeness (QED) is 0.886. The Morgan fingerprint density at radius 2 is 1.95 bits per heavy atom. The monoisotopic (exact) mass is 308 g/mol. The number of halogens is 2. The molecule has 0 saturated carbocycles. The fraction of sp³-hybridized carbons (Fsp3) is 0.333. The maximum atomic E-state index is 13.7. The molecule has 0 aliphatic carbocycles. The predicted molar refractivity (Wildman–Crippen MR) is 77.9 cm³/mol. The van der Waals surface area contributed by atoms with Crippen LogP contribution < -0.4 is 10.6 Å². The SMILES string of the molecule is CNC(C(=O)NC(C)c1c(F)cccc1F)c1cnn(C)c1. The minimum absolute atomic E-state index is 0.156. The molecule has 5 nitrogen and oxygen atoms in total. The van der Waals surface area contributed by atoms with Gasteiger partial charge in [-0.05, 0) is 26.1 Å². The van der Waals surface area contributed by atoms with Gasteiger partial charge in [0.05, 0.1) is 12.2 Å². The van der Waals surface area contributed by atoms with Crippen molar-refractivity contribution in [3.63, 3.8) is 0 Å². The largest absolute Gasteiger partial charge is 0.348 e. The molecular formula is C15H18F2N4O. The molecule has 2 unspecified atom stereocenters. The molecule has 1 heterocycles. The lowest BCUT2D eigenvalue weighted by molar-refractivity contribution is -0.123. The summed E-state index contributed by atoms with van der Waals surface area (Å²) >= 11 is 0. The Labute approximate surface area is 127 Å². The molecule has 0 spiro atoms. The minimum Gasteiger partial charge on any atom is -0.348 e. The van der Waals surface area contributed by atoms with Crippen molar-refractivity contribution < 1.29 is 13.6 Å². The van der Waals surface area contributed by atoms with Crippen molar-refractivity contribution in [3.8, 4) is 0 Å². The summed E-state index contributed by atoms with van der Waals surface area (Å²) in [5.41, 5.74) is 0.514. The van der Waals surface area contributed by atoms with E-state index >= 15 is 0 Å². The summed E-state index contributed by atoms with van der Waals surface area (Å²) in [6.07, 6.45) is 3.27. The van der Waals surface area contributed by atoms with E-state index in [9.17, 15) is 13.6 Å². The third kappa shape index (κ3) is 3.30. The zero-order valence-electron chi connectivity index (χ0n) is 12.6. The lowest BCUT2D eigenvalue weighted by Gasteiger charge is -2.20. The van der Waals surface area contributed by atoms with E-state index in [1.165, 1.54) is 13.0 Å². The van der Waals surface area contributed by atoms with Gasteiger partial charge in [-0.15, -0.1) is 0 Å². The standard InChI is InChI=1S/C15H18F2N4O/c1-9(13-11(16)5-4-6-12(13)17)20-15(22)14(18-2)10-7-19-21(3)8-10/h4-9,14,18H,1-3H3,(H,20,22). The number of carbonyl (C=O) groups is 1. The zero-order chi connectivity index (χ0) is 16.3. The Balaban J connectivity index is 2.16. The first-order valence-corrected chi connectivity index (χ1v) is 6.84. The number of likely N-dealkylation sites (N-methyl/N-ethyl adjacent to an activating group) is 1. The summed E-state index contributed by atoms with van der Waals surface area (Å²) in [7, 11) is 3.37. The van der Waals surface area contributed by atoms with Crippen molar-refractivity contribution in [1.29, 1.82) is 0 Å². The summed E-state index contributed by atoms with van der Waals surface area (Å²) in [5, 5.41) is 9.49. The molecule has 1 aromatic heterocycles. The average molecular weight is 308 g/mol. The number of aryl methyl sites for hydroxylation is 1. The lowest BCUT2D eigenvalue weighted by atomic mass is 10.1. The number of hydrogen-bond acceptors (Lipinski definition) is 3. The molecular weight excluding hydrogens is 290 g/mol. The van der Waals surface area contributed by atoms with Crippen LogP contribution in [0.4, 0.5) is 8.78 Å². The van der Waals surface area contributed by atoms with Gasteiger partial charge in [0.1, 0.15) is 17.7 Å². The number of aromatic nitrogens is 2. The Morgan fingerprint density at radius 3 is 2.45 bits per heavy atom. The maximum Gasteiger partial charge on any atom is 0.242 e. The van der Waals surface area contributed by atoms with Gasteiger partial charge >= 0.3 is 0 Å². The van der Waals surface area contributed by atoms with Crippen LogP contribution in [-0.2, 0) is 11.8 Å². The Hall–Kier alpha value is -2.28. The number of amides is 1. The lowest BCUT2D eigenvalue weighted by Crippen LogP contribution is -2.37. The Kier molecular flexibility index (Phi) is 4.87. The first-order valence-electron chi connectivity index (χ1n) is 6.84. The van der Waals surface area contributed by atoms with E-state index in [1.807, 2.05) is 0 Å². The van der Waals surface area contributed by atoms with E-state index in [-0.39, 0.29) is 11.5 Å². The van der Waals surface area contributed by atoms with Crippen LogP contribution in [0.2, 0.25) is 0 Å². The van der Waals surface area contributed by atoms with Crippen molar-refractivity contribution in [2.75, 3.05) is 7.05 Å². The highest BCUT2D eigenvalue weighted by atomic mass is 19.1. The molecule has 2 N–H and O–H groups in total. The molecule has 2 rings (SSSR count). The number of rotatable bonds is 5. The Bertz CT molecular complexity index is 651. The van der Waals surface area contributed by atoms with Crippen LogP contribution in [0.1, 0.15) is 30.1 Å². The van der Waals surface area contributed by atoms with Gasteiger partial charge in [0, 0.05) is 24.4 Å². The molecule has 0 bridgehead atoms. The van der Waals surface area contributed by atoms with Crippen LogP contribution >= 0.6 is 0 Å². The van der Waals surface area contributed by atoms with Gasteiger partial charge in [0.15, 0.2) is 0 Å². The zero-order valence-corrected chi connectivity index (χ0v) is 12.6. The number of nitrogens with zero attached hydrogens (tertiary/aromatic N) is 2. The third-order valence-electron chi connectivity index (χ3n) is 3.40. The van der Waals surface area contributed by atoms with Crippen LogP contribution in [0.25, 0.3) is 0 Å². The van der Waals surface area contributed by atoms with Crippen molar-refractivity contribution in [2.45, 2.75) is 19.0 Å². The van der Waals surface area contributed by atoms with Crippen molar-refractivity contribution in [2.24, 2.45) is 7.05 Å². The fourth-order valence-corrected chi connectivity index (χ4v) is 2.33. The molecule has 1 amide bonds. The summed E-state index contributed by atoms with van der Waals surface area (Å²) in [4.78, 5) is 12.3. The molecule has 0 saturated heterocycles. The van der Waals surface area contributed by atoms with Crippen molar-refractivity contribution >= 4 is 5.91 Å². The highest BCUT2D eigenvalue weighted by Gasteiger charge is 2.24. The number of carbonyl (C=O) groups excluding carboxylic acids is 1. The molecule has 2 atom stereocenters. The van der Waals surface area contributed by atoms with Gasteiger partial charge in [-0.3, -0.25) is 9.48 Å². The van der Waals surface area contributed by atoms with Gasteiger partial charge < -0.3 is 10.6 Å². The summed E-state index contributed by atoms with van der Waals surface area (Å²) in [6, 6.07) is 2.18. The highest BCUT2D eigenvalue weighted by molar-refractivity contribution is 5.83. The molecule has 0 radical (unpaired) electrons. The normalized spacial score (nSPS) is 13.7. The van der Waals surface area contributed by atoms with Crippen LogP contribution in [0.5, 0.6) is 0 Å². The van der Waals surface area contributed by atoms with Gasteiger partial charge in [-0.1, -0.05) is 6.07 Å². The fourth-order valence-electron chi connectivity index (χ4n) is 2.33. The molecule has 0 aliphatic rings. The van der Waals surface area contributed by atoms with Crippen LogP contribution in [0.15, 0.2) is 30.6 Å². The van der Waals surface area contributed by atoms with Gasteiger partial charge in [-0.25, -0.2) is 8.78 Å². The number of nitrogens with one attached hydrogen (secondary N) is 2. The first-order chi connectivity index (χ1) is 10.4. The second-order valence-corrected chi connectivity index (χ2v) is 5.03. The van der Waals surface area contributed by atoms with E-state index in [0.29, 0.717) is 5.56 Å². The minimum atomic E-state index is -0.791. The van der Waals surface area contributed by atoms with E-state index in [2.05, 4.69) is 15.7 Å². The summed E-state index contributed by atoms with van der Waals surface area (Å²) < 4.78 is 29.1. The topological polar surface area (TPSA) is 59.0 Å². The predicted octanol–water partition coefficient (Wildman–Crippen LogP) is 1.84. The number of hydrogen-bond donors (Lipinski definition) is 2. The molecule has 1 aromatic carbocycles. The summed E-state index contributed by atoms with van der Waals surface area (Å²) in [5.74, 6) is -1.75. The Morgan fingerprint density at radius 1 is 1.32 bits per heavy atom. The van der Waals surface area contributed by atoms with Crippen LogP contribution in [0, 0.1) is 11.6 Å². The van der Waals surface area contributed by atoms with Crippen LogP contribution in [-0.4, -0.2) is 22.7 Å². The summed E-state index contributed by atoms with van der Waals surface area (Å²) in [6.45, 7) is 1.54. The van der Waals surface area contributed by atoms with Gasteiger partial charge in [-0.2, -0.15) is 5.10 Å². The van der Waals surface area contributed by atoms with Gasteiger partial charge in [0.2, 0.25) is 5.91 Å². The second kappa shape index (κ2) is 6.65. The first kappa shape index (κ1) is 16.1. The van der Waals surface area contributed by atoms with E-state index in [4.69, 9.17) is 0 Å². The van der Waals surface area contributed by atoms with Crippen LogP contribution in [0.3, 0.4) is 0 Å².